The van der Waals surface area contributed by atoms with E-state index in [1.165, 1.54) is 43.6 Å². The predicted octanol–water partition coefficient (Wildman–Crippen LogP) is 14.3. The fourth-order valence-corrected chi connectivity index (χ4v) is 9.58. The van der Waals surface area contributed by atoms with E-state index in [9.17, 15) is 0 Å². The van der Waals surface area contributed by atoms with E-state index < -0.39 is 0 Å². The summed E-state index contributed by atoms with van der Waals surface area (Å²) in [4.78, 5) is 18.4. The molecule has 0 amide bonds. The largest absolute Gasteiger partial charge is 0.309 e. The molecular weight excluding hydrogens is 773 g/mol. The second-order valence-electron chi connectivity index (χ2n) is 14.9. The minimum Gasteiger partial charge on any atom is -0.309 e. The smallest absolute Gasteiger partial charge is 0.209 e. The van der Waals surface area contributed by atoms with Crippen LogP contribution in [0.1, 0.15) is 0 Å². The van der Waals surface area contributed by atoms with Gasteiger partial charge in [0, 0.05) is 49.4 Å². The van der Waals surface area contributed by atoms with Gasteiger partial charge in [-0.15, -0.1) is 0 Å². The van der Waals surface area contributed by atoms with Crippen LogP contribution in [-0.2, 0) is 0 Å². The van der Waals surface area contributed by atoms with Gasteiger partial charge in [0.1, 0.15) is 0 Å². The van der Waals surface area contributed by atoms with Gasteiger partial charge in [-0.2, -0.15) is 9.98 Å². The molecule has 12 rings (SSSR count). The molecule has 0 atom stereocenters. The lowest BCUT2D eigenvalue weighted by Crippen LogP contribution is -1.96. The van der Waals surface area contributed by atoms with Crippen molar-refractivity contribution < 1.29 is 0 Å². The molecule has 0 unspecified atom stereocenters. The molecule has 0 radical (unpaired) electrons. The molecule has 278 valence electrons. The number of benzene rings is 8. The molecule has 6 nitrogen and oxygen atoms in total. The monoisotopic (exact) mass is 800 g/mol. The van der Waals surface area contributed by atoms with Crippen molar-refractivity contribution in [2.24, 2.45) is 9.98 Å². The Morgan fingerprint density at radius 1 is 0.400 bits per heavy atom. The molecule has 0 saturated carbocycles. The molecule has 0 N–H and O–H groups in total. The summed E-state index contributed by atoms with van der Waals surface area (Å²) in [5.41, 5.74) is 14.6. The molecule has 11 aromatic rings. The Morgan fingerprint density at radius 3 is 1.28 bits per heavy atom. The van der Waals surface area contributed by atoms with Crippen molar-refractivity contribution in [1.82, 2.24) is 19.1 Å². The maximum Gasteiger partial charge on any atom is 0.209 e. The molecule has 3 heterocycles. The number of para-hydroxylation sites is 4. The summed E-state index contributed by atoms with van der Waals surface area (Å²) in [7, 11) is 0. The van der Waals surface area contributed by atoms with E-state index in [4.69, 9.17) is 34.4 Å². The van der Waals surface area contributed by atoms with E-state index in [1.54, 1.807) is 0 Å². The van der Waals surface area contributed by atoms with Gasteiger partial charge in [-0.05, 0) is 107 Å². The lowest BCUT2D eigenvalue weighted by atomic mass is 9.87. The quantitative estimate of drug-likeness (QED) is 0.124. The number of nitrogens with zero attached hydrogens (tertiary/aromatic N) is 6. The molecule has 0 aliphatic heterocycles. The van der Waals surface area contributed by atoms with Gasteiger partial charge in [-0.1, -0.05) is 115 Å². The molecule has 0 spiro atoms. The Kier molecular flexibility index (Phi) is 7.69. The number of aromatic nitrogens is 4. The lowest BCUT2D eigenvalue weighted by Gasteiger charge is -2.18. The molecule has 8 aromatic carbocycles. The molecule has 1 aliphatic rings. The van der Waals surface area contributed by atoms with E-state index in [2.05, 4.69) is 199 Å². The number of hydrogen-bond acceptors (Lipinski definition) is 6. The van der Waals surface area contributed by atoms with Crippen LogP contribution in [0.5, 0.6) is 0 Å². The zero-order chi connectivity index (χ0) is 39.9. The summed E-state index contributed by atoms with van der Waals surface area (Å²) in [6.45, 7) is 0. The summed E-state index contributed by atoms with van der Waals surface area (Å²) < 4.78 is 4.70. The Balaban J connectivity index is 1.09. The van der Waals surface area contributed by atoms with Crippen molar-refractivity contribution in [3.63, 3.8) is 0 Å². The van der Waals surface area contributed by atoms with Crippen LogP contribution in [0.2, 0.25) is 0 Å². The van der Waals surface area contributed by atoms with Crippen LogP contribution in [0.4, 0.5) is 11.6 Å². The van der Waals surface area contributed by atoms with Crippen LogP contribution >= 0.6 is 24.4 Å². The van der Waals surface area contributed by atoms with Crippen LogP contribution in [0.25, 0.3) is 111 Å². The maximum absolute atomic E-state index is 4.99. The second-order valence-corrected chi connectivity index (χ2v) is 15.2. The van der Waals surface area contributed by atoms with Crippen LogP contribution in [-0.4, -0.2) is 29.4 Å². The van der Waals surface area contributed by atoms with Crippen LogP contribution in [0.3, 0.4) is 0 Å². The number of fused-ring (bicyclic) bond motifs is 9. The summed E-state index contributed by atoms with van der Waals surface area (Å²) >= 11 is 9.96. The molecule has 0 fully saturated rings. The van der Waals surface area contributed by atoms with E-state index in [-0.39, 0.29) is 11.6 Å². The molecule has 1 aliphatic carbocycles. The summed E-state index contributed by atoms with van der Waals surface area (Å²) in [5.74, 6) is 0.511. The van der Waals surface area contributed by atoms with Crippen molar-refractivity contribution in [3.05, 3.63) is 170 Å². The topological polar surface area (TPSA) is 60.4 Å². The van der Waals surface area contributed by atoms with Crippen LogP contribution < -0.4 is 0 Å². The molecule has 60 heavy (non-hydrogen) atoms. The highest BCUT2D eigenvalue weighted by atomic mass is 32.1. The average Bonchev–Trinajstić information content (AvgIpc) is 3.93. The second kappa shape index (κ2) is 13.4. The minimum absolute atomic E-state index is 0.254. The number of isothiocyanates is 2. The van der Waals surface area contributed by atoms with Gasteiger partial charge in [0.2, 0.25) is 11.6 Å². The molecule has 0 bridgehead atoms. The maximum atomic E-state index is 4.99. The molecule has 3 aromatic heterocycles. The van der Waals surface area contributed by atoms with E-state index in [0.29, 0.717) is 5.69 Å². The highest BCUT2D eigenvalue weighted by Gasteiger charge is 2.29. The van der Waals surface area contributed by atoms with Gasteiger partial charge < -0.3 is 9.13 Å². The van der Waals surface area contributed by atoms with Crippen molar-refractivity contribution >= 4 is 101 Å². The van der Waals surface area contributed by atoms with Crippen molar-refractivity contribution in [2.75, 3.05) is 0 Å². The highest BCUT2D eigenvalue weighted by Crippen LogP contribution is 2.52. The van der Waals surface area contributed by atoms with Crippen molar-refractivity contribution in [1.29, 1.82) is 0 Å². The standard InChI is InChI=1S/C52H28N6S2/c59-29-53-51-52(54-30-60)56-50-42-28-41(31-20-24-33(25-21-31)57-43-16-5-1-10-35(43)36-11-2-6-17-44(36)57)47(39-14-9-15-40(48(39)42)49(50)55-51)32-22-26-34(27-23-32)58-45-18-7-3-12-37(45)38-13-4-8-19-46(38)58/h1-28H. The summed E-state index contributed by atoms with van der Waals surface area (Å²) in [5, 5.41) is 12.0. The first kappa shape index (κ1) is 34.4. The van der Waals surface area contributed by atoms with E-state index in [1.807, 2.05) is 0 Å². The van der Waals surface area contributed by atoms with E-state index >= 15 is 0 Å². The Hall–Kier alpha value is -7.70. The first-order valence-corrected chi connectivity index (χ1v) is 20.4. The first-order valence-electron chi connectivity index (χ1n) is 19.6. The first-order chi connectivity index (χ1) is 29.7. The van der Waals surface area contributed by atoms with Gasteiger partial charge in [-0.3, -0.25) is 0 Å². The van der Waals surface area contributed by atoms with Gasteiger partial charge in [0.25, 0.3) is 0 Å². The predicted molar refractivity (Wildman–Crippen MR) is 253 cm³/mol. The normalized spacial score (nSPS) is 11.7. The third-order valence-electron chi connectivity index (χ3n) is 11.8. The van der Waals surface area contributed by atoms with Crippen molar-refractivity contribution in [3.8, 4) is 56.1 Å². The minimum atomic E-state index is 0.254. The molecule has 8 heteroatoms. The van der Waals surface area contributed by atoms with Gasteiger partial charge in [0.05, 0.1) is 43.8 Å². The zero-order valence-corrected chi connectivity index (χ0v) is 33.3. The van der Waals surface area contributed by atoms with Gasteiger partial charge >= 0.3 is 0 Å². The summed E-state index contributed by atoms with van der Waals surface area (Å²) in [6.07, 6.45) is 0. The number of hydrogen-bond donors (Lipinski definition) is 0. The highest BCUT2D eigenvalue weighted by molar-refractivity contribution is 7.78. The SMILES string of the molecule is S=C=Nc1nc2c(nc1N=C=S)-c1cc(-c3ccc(-n4c5ccccc5c5ccccc54)cc3)c(-c3ccc(-n4c5ccccc5c5ccccc54)cc3)c3cccc-2c13. The Bertz CT molecular complexity index is 3610. The van der Waals surface area contributed by atoms with Crippen LogP contribution in [0, 0.1) is 0 Å². The number of rotatable bonds is 6. The van der Waals surface area contributed by atoms with E-state index in [0.717, 1.165) is 61.2 Å². The Morgan fingerprint density at radius 2 is 0.817 bits per heavy atom. The molecular formula is C52H28N6S2. The number of thiocarbonyl (C=S) groups is 2. The summed E-state index contributed by atoms with van der Waals surface area (Å²) in [6, 6.07) is 60.9. The fourth-order valence-electron chi connectivity index (χ4n) is 9.41. The fraction of sp³-hybridized carbons (Fsp3) is 0. The van der Waals surface area contributed by atoms with Crippen LogP contribution in [0.15, 0.2) is 180 Å². The van der Waals surface area contributed by atoms with Crippen molar-refractivity contribution in [2.45, 2.75) is 0 Å². The number of aliphatic imine (C=N–C) groups is 2. The van der Waals surface area contributed by atoms with Gasteiger partial charge in [0.15, 0.2) is 0 Å². The zero-order valence-electron chi connectivity index (χ0n) is 31.7. The third kappa shape index (κ3) is 5.00. The molecule has 0 saturated heterocycles. The lowest BCUT2D eigenvalue weighted by molar-refractivity contribution is 1.18. The Labute approximate surface area is 354 Å². The third-order valence-corrected chi connectivity index (χ3v) is 12.0. The average molecular weight is 801 g/mol. The van der Waals surface area contributed by atoms with Gasteiger partial charge in [-0.25, -0.2) is 9.97 Å².